The zero-order valence-corrected chi connectivity index (χ0v) is 14.1. The first-order chi connectivity index (χ1) is 10.8. The summed E-state index contributed by atoms with van der Waals surface area (Å²) in [7, 11) is 1.31. The van der Waals surface area contributed by atoms with Gasteiger partial charge in [0.15, 0.2) is 6.61 Å². The molecule has 1 aromatic carbocycles. The van der Waals surface area contributed by atoms with Crippen molar-refractivity contribution in [1.82, 2.24) is 4.98 Å². The summed E-state index contributed by atoms with van der Waals surface area (Å²) in [5.74, 6) is 0.0225. The third-order valence-electron chi connectivity index (χ3n) is 3.80. The average molecular weight is 315 g/mol. The van der Waals surface area contributed by atoms with Crippen LogP contribution in [0, 0.1) is 27.7 Å². The number of ketones is 1. The zero-order chi connectivity index (χ0) is 17.1. The molecule has 2 aromatic rings. The lowest BCUT2D eigenvalue weighted by atomic mass is 10.1. The van der Waals surface area contributed by atoms with E-state index in [1.54, 1.807) is 13.8 Å². The number of benzene rings is 1. The number of ether oxygens (including phenoxy) is 2. The first-order valence-corrected chi connectivity index (χ1v) is 7.36. The highest BCUT2D eigenvalue weighted by Gasteiger charge is 2.22. The van der Waals surface area contributed by atoms with Crippen LogP contribution in [-0.4, -0.2) is 30.5 Å². The Kier molecular flexibility index (Phi) is 4.89. The summed E-state index contributed by atoms with van der Waals surface area (Å²) in [5, 5.41) is 0. The number of aryl methyl sites for hydroxylation is 3. The Morgan fingerprint density at radius 2 is 1.83 bits per heavy atom. The van der Waals surface area contributed by atoms with Crippen molar-refractivity contribution in [2.45, 2.75) is 27.7 Å². The van der Waals surface area contributed by atoms with E-state index in [2.05, 4.69) is 4.98 Å². The molecule has 122 valence electrons. The van der Waals surface area contributed by atoms with Gasteiger partial charge in [-0.2, -0.15) is 0 Å². The molecule has 0 aliphatic carbocycles. The van der Waals surface area contributed by atoms with Crippen LogP contribution < -0.4 is 4.74 Å². The number of methoxy groups -OCH3 is 1. The van der Waals surface area contributed by atoms with Crippen molar-refractivity contribution in [3.63, 3.8) is 0 Å². The Labute approximate surface area is 135 Å². The number of H-pyrrole nitrogens is 1. The molecule has 0 spiro atoms. The van der Waals surface area contributed by atoms with Crippen LogP contribution in [0.2, 0.25) is 0 Å². The number of carbonyl (C=O) groups excluding carboxylic acids is 2. The minimum Gasteiger partial charge on any atom is -0.485 e. The summed E-state index contributed by atoms with van der Waals surface area (Å²) in [6.07, 6.45) is 0. The Morgan fingerprint density at radius 3 is 2.43 bits per heavy atom. The predicted octanol–water partition coefficient (Wildman–Crippen LogP) is 3.30. The van der Waals surface area contributed by atoms with Gasteiger partial charge in [0.1, 0.15) is 11.4 Å². The Morgan fingerprint density at radius 1 is 1.13 bits per heavy atom. The van der Waals surface area contributed by atoms with Crippen molar-refractivity contribution in [2.75, 3.05) is 13.7 Å². The SMILES string of the molecule is COC(=O)c1[nH]c(C)c(C(=O)COc2ccc(C)cc2C)c1C. The first-order valence-electron chi connectivity index (χ1n) is 7.36. The number of aromatic nitrogens is 1. The average Bonchev–Trinajstić information content (AvgIpc) is 2.80. The largest absolute Gasteiger partial charge is 0.485 e. The Hall–Kier alpha value is -2.56. The number of carbonyl (C=O) groups is 2. The maximum absolute atomic E-state index is 12.5. The molecule has 0 aliphatic heterocycles. The molecule has 1 N–H and O–H groups in total. The molecule has 0 unspecified atom stereocenters. The van der Waals surface area contributed by atoms with Crippen LogP contribution in [0.1, 0.15) is 43.2 Å². The smallest absolute Gasteiger partial charge is 0.354 e. The number of nitrogens with one attached hydrogen (secondary N) is 1. The molecule has 0 fully saturated rings. The van der Waals surface area contributed by atoms with E-state index in [-0.39, 0.29) is 12.4 Å². The van der Waals surface area contributed by atoms with Gasteiger partial charge in [-0.15, -0.1) is 0 Å². The maximum Gasteiger partial charge on any atom is 0.354 e. The van der Waals surface area contributed by atoms with Gasteiger partial charge in [-0.05, 0) is 44.9 Å². The summed E-state index contributed by atoms with van der Waals surface area (Å²) >= 11 is 0. The third-order valence-corrected chi connectivity index (χ3v) is 3.80. The molecule has 5 heteroatoms. The van der Waals surface area contributed by atoms with E-state index in [1.807, 2.05) is 32.0 Å². The fourth-order valence-electron chi connectivity index (χ4n) is 2.65. The molecule has 0 aliphatic rings. The van der Waals surface area contributed by atoms with Crippen LogP contribution in [0.5, 0.6) is 5.75 Å². The van der Waals surface area contributed by atoms with Gasteiger partial charge in [0.05, 0.1) is 7.11 Å². The maximum atomic E-state index is 12.5. The van der Waals surface area contributed by atoms with Crippen LogP contribution in [0.15, 0.2) is 18.2 Å². The van der Waals surface area contributed by atoms with Gasteiger partial charge in [0.25, 0.3) is 0 Å². The number of esters is 1. The number of aromatic amines is 1. The van der Waals surface area contributed by atoms with Gasteiger partial charge in [0, 0.05) is 11.3 Å². The van der Waals surface area contributed by atoms with Crippen molar-refractivity contribution in [2.24, 2.45) is 0 Å². The van der Waals surface area contributed by atoms with Crippen LogP contribution in [0.4, 0.5) is 0 Å². The molecular weight excluding hydrogens is 294 g/mol. The number of Topliss-reactive ketones (excluding diaryl/α,β-unsaturated/α-hetero) is 1. The fraction of sp³-hybridized carbons (Fsp3) is 0.333. The lowest BCUT2D eigenvalue weighted by Gasteiger charge is -2.09. The molecule has 0 amide bonds. The van der Waals surface area contributed by atoms with Gasteiger partial charge in [-0.1, -0.05) is 17.7 Å². The van der Waals surface area contributed by atoms with Crippen LogP contribution in [0.25, 0.3) is 0 Å². The van der Waals surface area contributed by atoms with E-state index in [0.717, 1.165) is 11.1 Å². The van der Waals surface area contributed by atoms with Crippen molar-refractivity contribution < 1.29 is 19.1 Å². The lowest BCUT2D eigenvalue weighted by molar-refractivity contribution is 0.0594. The van der Waals surface area contributed by atoms with E-state index in [1.165, 1.54) is 7.11 Å². The molecule has 1 heterocycles. The number of rotatable bonds is 5. The molecule has 0 bridgehead atoms. The second-order valence-corrected chi connectivity index (χ2v) is 5.60. The number of hydrogen-bond acceptors (Lipinski definition) is 4. The fourth-order valence-corrected chi connectivity index (χ4v) is 2.65. The van der Waals surface area contributed by atoms with Crippen LogP contribution in [0.3, 0.4) is 0 Å². The summed E-state index contributed by atoms with van der Waals surface area (Å²) in [4.78, 5) is 27.1. The molecular formula is C18H21NO4. The van der Waals surface area contributed by atoms with Crippen LogP contribution in [-0.2, 0) is 4.74 Å². The second kappa shape index (κ2) is 6.69. The van der Waals surface area contributed by atoms with Crippen molar-refractivity contribution in [1.29, 1.82) is 0 Å². The molecule has 0 saturated carbocycles. The van der Waals surface area contributed by atoms with E-state index in [9.17, 15) is 9.59 Å². The van der Waals surface area contributed by atoms with E-state index in [4.69, 9.17) is 9.47 Å². The highest BCUT2D eigenvalue weighted by atomic mass is 16.5. The summed E-state index contributed by atoms with van der Waals surface area (Å²) < 4.78 is 10.3. The molecule has 0 radical (unpaired) electrons. The van der Waals surface area contributed by atoms with Gasteiger partial charge in [-0.3, -0.25) is 4.79 Å². The normalized spacial score (nSPS) is 10.5. The second-order valence-electron chi connectivity index (χ2n) is 5.60. The molecule has 2 rings (SSSR count). The minimum atomic E-state index is -0.486. The monoisotopic (exact) mass is 315 g/mol. The molecule has 0 atom stereocenters. The molecule has 5 nitrogen and oxygen atoms in total. The molecule has 0 saturated heterocycles. The first kappa shape index (κ1) is 16.8. The topological polar surface area (TPSA) is 68.4 Å². The van der Waals surface area contributed by atoms with Crippen molar-refractivity contribution in [3.05, 3.63) is 51.8 Å². The Bertz CT molecular complexity index is 759. The lowest BCUT2D eigenvalue weighted by Crippen LogP contribution is -2.14. The van der Waals surface area contributed by atoms with E-state index < -0.39 is 5.97 Å². The predicted molar refractivity (Wildman–Crippen MR) is 87.3 cm³/mol. The standard InChI is InChI=1S/C18H21NO4/c1-10-6-7-15(11(2)8-10)23-9-14(20)16-12(3)17(18(21)22-5)19-13(16)4/h6-8,19H,9H2,1-5H3. The quantitative estimate of drug-likeness (QED) is 0.679. The summed E-state index contributed by atoms with van der Waals surface area (Å²) in [5.41, 5.74) is 4.13. The van der Waals surface area contributed by atoms with Gasteiger partial charge < -0.3 is 14.5 Å². The molecule has 1 aromatic heterocycles. The van der Waals surface area contributed by atoms with E-state index in [0.29, 0.717) is 28.3 Å². The van der Waals surface area contributed by atoms with Gasteiger partial charge in [-0.25, -0.2) is 4.79 Å². The zero-order valence-electron chi connectivity index (χ0n) is 14.1. The highest BCUT2D eigenvalue weighted by molar-refractivity contribution is 6.03. The summed E-state index contributed by atoms with van der Waals surface area (Å²) in [6, 6.07) is 5.80. The summed E-state index contributed by atoms with van der Waals surface area (Å²) in [6.45, 7) is 7.34. The molecule has 23 heavy (non-hydrogen) atoms. The number of hydrogen-bond donors (Lipinski definition) is 1. The van der Waals surface area contributed by atoms with Crippen molar-refractivity contribution in [3.8, 4) is 5.75 Å². The Balaban J connectivity index is 2.18. The van der Waals surface area contributed by atoms with E-state index >= 15 is 0 Å². The van der Waals surface area contributed by atoms with Crippen LogP contribution >= 0.6 is 0 Å². The van der Waals surface area contributed by atoms with Gasteiger partial charge >= 0.3 is 5.97 Å². The van der Waals surface area contributed by atoms with Gasteiger partial charge in [0.2, 0.25) is 5.78 Å². The highest BCUT2D eigenvalue weighted by Crippen LogP contribution is 2.22. The third kappa shape index (κ3) is 3.44. The van der Waals surface area contributed by atoms with Crippen molar-refractivity contribution >= 4 is 11.8 Å². The minimum absolute atomic E-state index is 0.0793.